The van der Waals surface area contributed by atoms with Gasteiger partial charge in [0, 0.05) is 31.9 Å². The average Bonchev–Trinajstić information content (AvgIpc) is 2.95. The van der Waals surface area contributed by atoms with Crippen LogP contribution in [0.4, 0.5) is 0 Å². The lowest BCUT2D eigenvalue weighted by molar-refractivity contribution is 0.342. The van der Waals surface area contributed by atoms with Crippen LogP contribution < -0.4 is 11.3 Å². The molecule has 17 heavy (non-hydrogen) atoms. The van der Waals surface area contributed by atoms with Crippen molar-refractivity contribution in [3.05, 3.63) is 18.2 Å². The number of hydrazine groups is 1. The zero-order chi connectivity index (χ0) is 12.3. The predicted octanol–water partition coefficient (Wildman–Crippen LogP) is 1.62. The van der Waals surface area contributed by atoms with Crippen molar-refractivity contribution in [2.24, 2.45) is 24.7 Å². The first-order valence-corrected chi connectivity index (χ1v) is 6.66. The van der Waals surface area contributed by atoms with Crippen LogP contribution in [0.3, 0.4) is 0 Å². The van der Waals surface area contributed by atoms with Crippen molar-refractivity contribution < 1.29 is 0 Å². The molecular weight excluding hydrogens is 212 g/mol. The minimum atomic E-state index is 0.368. The number of nitrogens with two attached hydrogens (primary N) is 1. The highest BCUT2D eigenvalue weighted by Gasteiger charge is 2.30. The van der Waals surface area contributed by atoms with Crippen LogP contribution in [0.2, 0.25) is 0 Å². The standard InChI is InChI=1S/C13H24N4/c1-3-10-4-5-11(8-10)12(16-14)9-13-15-6-7-17(13)2/h6-7,10-12,16H,3-5,8-9,14H2,1-2H3. The molecule has 1 heterocycles. The van der Waals surface area contributed by atoms with Gasteiger partial charge in [-0.1, -0.05) is 19.8 Å². The van der Waals surface area contributed by atoms with E-state index in [0.717, 1.165) is 18.2 Å². The Morgan fingerprint density at radius 3 is 2.94 bits per heavy atom. The van der Waals surface area contributed by atoms with Gasteiger partial charge >= 0.3 is 0 Å². The number of hydrogen-bond donors (Lipinski definition) is 2. The first-order valence-electron chi connectivity index (χ1n) is 6.66. The summed E-state index contributed by atoms with van der Waals surface area (Å²) < 4.78 is 2.08. The number of nitrogens with zero attached hydrogens (tertiary/aromatic N) is 2. The topological polar surface area (TPSA) is 55.9 Å². The quantitative estimate of drug-likeness (QED) is 0.603. The fourth-order valence-electron chi connectivity index (χ4n) is 3.00. The summed E-state index contributed by atoms with van der Waals surface area (Å²) in [5.41, 5.74) is 3.00. The Balaban J connectivity index is 1.95. The van der Waals surface area contributed by atoms with Gasteiger partial charge < -0.3 is 4.57 Å². The Hall–Kier alpha value is -0.870. The van der Waals surface area contributed by atoms with Gasteiger partial charge in [0.1, 0.15) is 5.82 Å². The second-order valence-electron chi connectivity index (χ2n) is 5.28. The van der Waals surface area contributed by atoms with Crippen LogP contribution in [0.15, 0.2) is 12.4 Å². The number of aryl methyl sites for hydroxylation is 1. The lowest BCUT2D eigenvalue weighted by Crippen LogP contribution is -2.42. The number of aromatic nitrogens is 2. The van der Waals surface area contributed by atoms with E-state index in [1.807, 2.05) is 19.4 Å². The summed E-state index contributed by atoms with van der Waals surface area (Å²) in [4.78, 5) is 4.38. The minimum absolute atomic E-state index is 0.368. The van der Waals surface area contributed by atoms with E-state index in [2.05, 4.69) is 21.9 Å². The molecule has 4 nitrogen and oxygen atoms in total. The number of rotatable bonds is 5. The maximum Gasteiger partial charge on any atom is 0.109 e. The highest BCUT2D eigenvalue weighted by Crippen LogP contribution is 2.35. The first-order chi connectivity index (χ1) is 8.24. The third-order valence-electron chi connectivity index (χ3n) is 4.27. The fourth-order valence-corrected chi connectivity index (χ4v) is 3.00. The van der Waals surface area contributed by atoms with Gasteiger partial charge in [0.2, 0.25) is 0 Å². The Morgan fingerprint density at radius 1 is 1.59 bits per heavy atom. The summed E-state index contributed by atoms with van der Waals surface area (Å²) in [5.74, 6) is 8.45. The molecule has 1 saturated carbocycles. The lowest BCUT2D eigenvalue weighted by atomic mass is 9.94. The van der Waals surface area contributed by atoms with E-state index in [0.29, 0.717) is 12.0 Å². The van der Waals surface area contributed by atoms with Crippen molar-refractivity contribution in [1.82, 2.24) is 15.0 Å². The predicted molar refractivity (Wildman–Crippen MR) is 69.1 cm³/mol. The molecule has 1 aromatic rings. The van der Waals surface area contributed by atoms with Crippen molar-refractivity contribution in [2.75, 3.05) is 0 Å². The summed E-state index contributed by atoms with van der Waals surface area (Å²) in [6.45, 7) is 2.29. The number of nitrogens with one attached hydrogen (secondary N) is 1. The zero-order valence-electron chi connectivity index (χ0n) is 10.9. The molecule has 0 aromatic carbocycles. The first kappa shape index (κ1) is 12.6. The molecule has 1 aromatic heterocycles. The van der Waals surface area contributed by atoms with E-state index in [9.17, 15) is 0 Å². The van der Waals surface area contributed by atoms with Gasteiger partial charge in [0.15, 0.2) is 0 Å². The van der Waals surface area contributed by atoms with Gasteiger partial charge in [-0.15, -0.1) is 0 Å². The second-order valence-corrected chi connectivity index (χ2v) is 5.28. The third kappa shape index (κ3) is 2.87. The van der Waals surface area contributed by atoms with Gasteiger partial charge in [0.05, 0.1) is 0 Å². The normalized spacial score (nSPS) is 26.3. The third-order valence-corrected chi connectivity index (χ3v) is 4.27. The Bertz CT molecular complexity index is 347. The molecule has 0 spiro atoms. The molecule has 3 N–H and O–H groups in total. The van der Waals surface area contributed by atoms with E-state index in [1.54, 1.807) is 0 Å². The van der Waals surface area contributed by atoms with Gasteiger partial charge in [-0.3, -0.25) is 11.3 Å². The molecule has 3 atom stereocenters. The van der Waals surface area contributed by atoms with Crippen molar-refractivity contribution in [1.29, 1.82) is 0 Å². The lowest BCUT2D eigenvalue weighted by Gasteiger charge is -2.22. The second kappa shape index (κ2) is 5.65. The van der Waals surface area contributed by atoms with E-state index in [1.165, 1.54) is 25.7 Å². The number of imidazole rings is 1. The molecule has 0 bridgehead atoms. The smallest absolute Gasteiger partial charge is 0.109 e. The molecule has 3 unspecified atom stereocenters. The Kier molecular flexibility index (Phi) is 4.18. The summed E-state index contributed by atoms with van der Waals surface area (Å²) in [6.07, 6.45) is 10.1. The molecule has 1 aliphatic carbocycles. The molecule has 4 heteroatoms. The summed E-state index contributed by atoms with van der Waals surface area (Å²) in [7, 11) is 2.04. The van der Waals surface area contributed by atoms with Gasteiger partial charge in [-0.05, 0) is 24.7 Å². The highest BCUT2D eigenvalue weighted by atomic mass is 15.2. The molecule has 96 valence electrons. The van der Waals surface area contributed by atoms with Crippen molar-refractivity contribution >= 4 is 0 Å². The molecule has 0 radical (unpaired) electrons. The average molecular weight is 236 g/mol. The molecule has 1 fully saturated rings. The van der Waals surface area contributed by atoms with Crippen molar-refractivity contribution in [2.45, 2.75) is 45.1 Å². The van der Waals surface area contributed by atoms with Crippen LogP contribution in [-0.2, 0) is 13.5 Å². The number of hydrogen-bond acceptors (Lipinski definition) is 3. The molecular formula is C13H24N4. The van der Waals surface area contributed by atoms with E-state index < -0.39 is 0 Å². The van der Waals surface area contributed by atoms with E-state index >= 15 is 0 Å². The van der Waals surface area contributed by atoms with Crippen LogP contribution in [0.1, 0.15) is 38.4 Å². The van der Waals surface area contributed by atoms with E-state index in [-0.39, 0.29) is 0 Å². The van der Waals surface area contributed by atoms with Crippen LogP contribution in [0.25, 0.3) is 0 Å². The fraction of sp³-hybridized carbons (Fsp3) is 0.769. The van der Waals surface area contributed by atoms with Gasteiger partial charge in [-0.2, -0.15) is 0 Å². The summed E-state index contributed by atoms with van der Waals surface area (Å²) in [5, 5.41) is 0. The monoisotopic (exact) mass is 236 g/mol. The SMILES string of the molecule is CCC1CCC(C(Cc2nccn2C)NN)C1. The van der Waals surface area contributed by atoms with Crippen molar-refractivity contribution in [3.63, 3.8) is 0 Å². The van der Waals surface area contributed by atoms with Gasteiger partial charge in [0.25, 0.3) is 0 Å². The summed E-state index contributed by atoms with van der Waals surface area (Å²) >= 11 is 0. The van der Waals surface area contributed by atoms with Crippen LogP contribution in [-0.4, -0.2) is 15.6 Å². The molecule has 0 aliphatic heterocycles. The maximum atomic E-state index is 5.72. The molecule has 1 aliphatic rings. The van der Waals surface area contributed by atoms with Gasteiger partial charge in [-0.25, -0.2) is 4.98 Å². The van der Waals surface area contributed by atoms with Crippen LogP contribution >= 0.6 is 0 Å². The van der Waals surface area contributed by atoms with Crippen LogP contribution in [0, 0.1) is 11.8 Å². The van der Waals surface area contributed by atoms with Crippen molar-refractivity contribution in [3.8, 4) is 0 Å². The molecule has 2 rings (SSSR count). The largest absolute Gasteiger partial charge is 0.338 e. The van der Waals surface area contributed by atoms with Crippen LogP contribution in [0.5, 0.6) is 0 Å². The minimum Gasteiger partial charge on any atom is -0.338 e. The zero-order valence-corrected chi connectivity index (χ0v) is 10.9. The molecule has 0 amide bonds. The summed E-state index contributed by atoms with van der Waals surface area (Å²) in [6, 6.07) is 0.368. The Labute approximate surface area is 104 Å². The highest BCUT2D eigenvalue weighted by molar-refractivity contribution is 4.97. The molecule has 0 saturated heterocycles. The van der Waals surface area contributed by atoms with E-state index in [4.69, 9.17) is 5.84 Å². The Morgan fingerprint density at radius 2 is 2.41 bits per heavy atom. The maximum absolute atomic E-state index is 5.72.